The van der Waals surface area contributed by atoms with Crippen molar-refractivity contribution in [2.75, 3.05) is 5.32 Å². The third kappa shape index (κ3) is 2.92. The summed E-state index contributed by atoms with van der Waals surface area (Å²) in [6, 6.07) is 17.5. The van der Waals surface area contributed by atoms with Crippen LogP contribution in [0.3, 0.4) is 0 Å². The highest BCUT2D eigenvalue weighted by molar-refractivity contribution is 7.22. The van der Waals surface area contributed by atoms with Crippen LogP contribution in [-0.4, -0.2) is 10.9 Å². The minimum absolute atomic E-state index is 0.173. The van der Waals surface area contributed by atoms with Crippen LogP contribution in [0.15, 0.2) is 60.7 Å². The molecule has 0 saturated heterocycles. The summed E-state index contributed by atoms with van der Waals surface area (Å²) in [6.45, 7) is 0. The van der Waals surface area contributed by atoms with Gasteiger partial charge in [-0.05, 0) is 23.8 Å². The van der Waals surface area contributed by atoms with E-state index in [-0.39, 0.29) is 5.91 Å². The van der Waals surface area contributed by atoms with Gasteiger partial charge >= 0.3 is 0 Å². The highest BCUT2D eigenvalue weighted by Crippen LogP contribution is 2.25. The van der Waals surface area contributed by atoms with Gasteiger partial charge in [0, 0.05) is 6.08 Å². The second-order valence-electron chi connectivity index (χ2n) is 4.22. The highest BCUT2D eigenvalue weighted by atomic mass is 32.1. The first kappa shape index (κ1) is 12.6. The van der Waals surface area contributed by atoms with Gasteiger partial charge in [-0.25, -0.2) is 4.98 Å². The van der Waals surface area contributed by atoms with Crippen molar-refractivity contribution in [3.05, 3.63) is 66.2 Å². The van der Waals surface area contributed by atoms with Gasteiger partial charge in [-0.15, -0.1) is 0 Å². The lowest BCUT2D eigenvalue weighted by Crippen LogP contribution is -2.07. The number of rotatable bonds is 3. The molecule has 0 unspecified atom stereocenters. The Labute approximate surface area is 120 Å². The predicted molar refractivity (Wildman–Crippen MR) is 83.7 cm³/mol. The van der Waals surface area contributed by atoms with Crippen LogP contribution in [0.2, 0.25) is 0 Å². The average Bonchev–Trinajstić information content (AvgIpc) is 2.88. The number of para-hydroxylation sites is 1. The molecule has 0 aliphatic heterocycles. The SMILES string of the molecule is O=C(/C=C/c1ccccc1)Nc1nc2ccccc2s1. The molecule has 2 aromatic carbocycles. The predicted octanol–water partition coefficient (Wildman–Crippen LogP) is 3.95. The average molecular weight is 280 g/mol. The summed E-state index contributed by atoms with van der Waals surface area (Å²) in [5, 5.41) is 3.40. The number of fused-ring (bicyclic) bond motifs is 1. The monoisotopic (exact) mass is 280 g/mol. The molecule has 98 valence electrons. The number of thiazole rings is 1. The number of nitrogens with one attached hydrogen (secondary N) is 1. The van der Waals surface area contributed by atoms with E-state index in [0.29, 0.717) is 5.13 Å². The minimum atomic E-state index is -0.173. The minimum Gasteiger partial charge on any atom is -0.298 e. The Bertz CT molecular complexity index is 729. The third-order valence-corrected chi connectivity index (χ3v) is 3.70. The van der Waals surface area contributed by atoms with Crippen molar-refractivity contribution in [3.8, 4) is 0 Å². The van der Waals surface area contributed by atoms with Gasteiger partial charge in [0.05, 0.1) is 10.2 Å². The maximum atomic E-state index is 11.8. The summed E-state index contributed by atoms with van der Waals surface area (Å²) in [7, 11) is 0. The molecule has 1 amide bonds. The molecular formula is C16H12N2OS. The summed E-state index contributed by atoms with van der Waals surface area (Å²) >= 11 is 1.47. The summed E-state index contributed by atoms with van der Waals surface area (Å²) < 4.78 is 1.06. The zero-order valence-electron chi connectivity index (χ0n) is 10.6. The molecule has 1 heterocycles. The second-order valence-corrected chi connectivity index (χ2v) is 5.25. The fourth-order valence-corrected chi connectivity index (χ4v) is 2.68. The van der Waals surface area contributed by atoms with E-state index < -0.39 is 0 Å². The van der Waals surface area contributed by atoms with Gasteiger partial charge in [-0.1, -0.05) is 53.8 Å². The number of nitrogens with zero attached hydrogens (tertiary/aromatic N) is 1. The molecular weight excluding hydrogens is 268 g/mol. The van der Waals surface area contributed by atoms with Crippen molar-refractivity contribution in [3.63, 3.8) is 0 Å². The van der Waals surface area contributed by atoms with Crippen LogP contribution in [0, 0.1) is 0 Å². The number of aromatic nitrogens is 1. The maximum absolute atomic E-state index is 11.8. The molecule has 0 radical (unpaired) electrons. The molecule has 3 aromatic rings. The zero-order valence-corrected chi connectivity index (χ0v) is 11.4. The van der Waals surface area contributed by atoms with E-state index in [0.717, 1.165) is 15.8 Å². The molecule has 0 bridgehead atoms. The first-order valence-electron chi connectivity index (χ1n) is 6.21. The number of anilines is 1. The Hall–Kier alpha value is -2.46. The number of carbonyl (C=O) groups excluding carboxylic acids is 1. The van der Waals surface area contributed by atoms with E-state index in [4.69, 9.17) is 0 Å². The Morgan fingerprint density at radius 3 is 2.60 bits per heavy atom. The number of benzene rings is 2. The lowest BCUT2D eigenvalue weighted by molar-refractivity contribution is -0.111. The van der Waals surface area contributed by atoms with Gasteiger partial charge < -0.3 is 0 Å². The molecule has 0 atom stereocenters. The number of carbonyl (C=O) groups is 1. The number of hydrogen-bond donors (Lipinski definition) is 1. The van der Waals surface area contributed by atoms with Crippen LogP contribution in [0.5, 0.6) is 0 Å². The van der Waals surface area contributed by atoms with Crippen molar-refractivity contribution >= 4 is 38.7 Å². The lowest BCUT2D eigenvalue weighted by Gasteiger charge is -1.95. The van der Waals surface area contributed by atoms with E-state index >= 15 is 0 Å². The largest absolute Gasteiger partial charge is 0.298 e. The third-order valence-electron chi connectivity index (χ3n) is 2.75. The normalized spacial score (nSPS) is 11.0. The fourth-order valence-electron chi connectivity index (χ4n) is 1.81. The van der Waals surface area contributed by atoms with Gasteiger partial charge in [-0.3, -0.25) is 10.1 Å². The Balaban J connectivity index is 1.71. The van der Waals surface area contributed by atoms with Crippen molar-refractivity contribution in [1.29, 1.82) is 0 Å². The standard InChI is InChI=1S/C16H12N2OS/c19-15(11-10-12-6-2-1-3-7-12)18-16-17-13-8-4-5-9-14(13)20-16/h1-11H,(H,17,18,19)/b11-10+. The summed E-state index contributed by atoms with van der Waals surface area (Å²) in [5.74, 6) is -0.173. The first-order chi connectivity index (χ1) is 9.81. The van der Waals surface area contributed by atoms with Crippen LogP contribution in [0.1, 0.15) is 5.56 Å². The molecule has 3 rings (SSSR count). The van der Waals surface area contributed by atoms with E-state index in [9.17, 15) is 4.79 Å². The van der Waals surface area contributed by atoms with Gasteiger partial charge in [0.2, 0.25) is 5.91 Å². The van der Waals surface area contributed by atoms with Crippen LogP contribution in [0.4, 0.5) is 5.13 Å². The molecule has 1 N–H and O–H groups in total. The van der Waals surface area contributed by atoms with Gasteiger partial charge in [-0.2, -0.15) is 0 Å². The van der Waals surface area contributed by atoms with Crippen LogP contribution in [0.25, 0.3) is 16.3 Å². The van der Waals surface area contributed by atoms with Gasteiger partial charge in [0.25, 0.3) is 0 Å². The molecule has 0 aliphatic rings. The first-order valence-corrected chi connectivity index (χ1v) is 7.02. The van der Waals surface area contributed by atoms with Crippen LogP contribution >= 0.6 is 11.3 Å². The molecule has 3 nitrogen and oxygen atoms in total. The topological polar surface area (TPSA) is 42.0 Å². The van der Waals surface area contributed by atoms with Gasteiger partial charge in [0.1, 0.15) is 0 Å². The Kier molecular flexibility index (Phi) is 3.56. The molecule has 0 fully saturated rings. The van der Waals surface area contributed by atoms with E-state index in [1.165, 1.54) is 17.4 Å². The second kappa shape index (κ2) is 5.67. The Morgan fingerprint density at radius 2 is 1.80 bits per heavy atom. The van der Waals surface area contributed by atoms with Crippen molar-refractivity contribution < 1.29 is 4.79 Å². The number of amides is 1. The van der Waals surface area contributed by atoms with Crippen molar-refractivity contribution in [2.24, 2.45) is 0 Å². The Morgan fingerprint density at radius 1 is 1.05 bits per heavy atom. The highest BCUT2D eigenvalue weighted by Gasteiger charge is 2.04. The summed E-state index contributed by atoms with van der Waals surface area (Å²) in [5.41, 5.74) is 1.90. The maximum Gasteiger partial charge on any atom is 0.250 e. The van der Waals surface area contributed by atoms with Crippen LogP contribution < -0.4 is 5.32 Å². The lowest BCUT2D eigenvalue weighted by atomic mass is 10.2. The van der Waals surface area contributed by atoms with Crippen molar-refractivity contribution in [1.82, 2.24) is 4.98 Å². The van der Waals surface area contributed by atoms with E-state index in [1.54, 1.807) is 6.08 Å². The number of hydrogen-bond acceptors (Lipinski definition) is 3. The zero-order chi connectivity index (χ0) is 13.8. The molecule has 1 aromatic heterocycles. The van der Waals surface area contributed by atoms with Crippen LogP contribution in [-0.2, 0) is 4.79 Å². The molecule has 4 heteroatoms. The van der Waals surface area contributed by atoms with Gasteiger partial charge in [0.15, 0.2) is 5.13 Å². The summed E-state index contributed by atoms with van der Waals surface area (Å²) in [4.78, 5) is 16.2. The molecule has 0 aliphatic carbocycles. The fraction of sp³-hybridized carbons (Fsp3) is 0. The quantitative estimate of drug-likeness (QED) is 0.738. The smallest absolute Gasteiger partial charge is 0.250 e. The van der Waals surface area contributed by atoms with Crippen molar-refractivity contribution in [2.45, 2.75) is 0 Å². The van der Waals surface area contributed by atoms with E-state index in [1.807, 2.05) is 54.6 Å². The van der Waals surface area contributed by atoms with E-state index in [2.05, 4.69) is 10.3 Å². The molecule has 0 saturated carbocycles. The summed E-state index contributed by atoms with van der Waals surface area (Å²) in [6.07, 6.45) is 3.30. The molecule has 0 spiro atoms. The molecule has 20 heavy (non-hydrogen) atoms.